The standard InChI is InChI=1S/C16H24O4/c1-2-3-4-8-11-13(17)15(19)16(20)14(18)12-9-6-5-7-10-12/h5-7,9-10,13,15-17,19-20H,2-4,8,11H2,1H3. The third-order valence-corrected chi connectivity index (χ3v) is 3.40. The first-order valence-electron chi connectivity index (χ1n) is 7.21. The minimum atomic E-state index is -1.58. The van der Waals surface area contributed by atoms with E-state index in [2.05, 4.69) is 6.92 Å². The number of carbonyl (C=O) groups excluding carboxylic acids is 1. The molecule has 0 saturated heterocycles. The van der Waals surface area contributed by atoms with Crippen molar-refractivity contribution in [1.29, 1.82) is 0 Å². The van der Waals surface area contributed by atoms with E-state index in [9.17, 15) is 20.1 Å². The molecular weight excluding hydrogens is 256 g/mol. The Kier molecular flexibility index (Phi) is 7.44. The number of aliphatic hydroxyl groups is 3. The van der Waals surface area contributed by atoms with Crippen molar-refractivity contribution < 1.29 is 20.1 Å². The lowest BCUT2D eigenvalue weighted by atomic mass is 9.96. The van der Waals surface area contributed by atoms with Crippen molar-refractivity contribution in [3.05, 3.63) is 35.9 Å². The summed E-state index contributed by atoms with van der Waals surface area (Å²) in [4.78, 5) is 11.9. The molecule has 0 spiro atoms. The molecule has 0 aromatic heterocycles. The zero-order valence-electron chi connectivity index (χ0n) is 11.9. The van der Waals surface area contributed by atoms with E-state index in [4.69, 9.17) is 0 Å². The van der Waals surface area contributed by atoms with E-state index in [1.54, 1.807) is 30.3 Å². The topological polar surface area (TPSA) is 77.8 Å². The molecule has 112 valence electrons. The number of ketones is 1. The Balaban J connectivity index is 2.49. The van der Waals surface area contributed by atoms with Gasteiger partial charge in [0.25, 0.3) is 0 Å². The number of hydrogen-bond donors (Lipinski definition) is 3. The van der Waals surface area contributed by atoms with Crippen LogP contribution in [0.25, 0.3) is 0 Å². The highest BCUT2D eigenvalue weighted by Gasteiger charge is 2.30. The Labute approximate surface area is 120 Å². The van der Waals surface area contributed by atoms with Gasteiger partial charge in [-0.25, -0.2) is 0 Å². The van der Waals surface area contributed by atoms with Crippen molar-refractivity contribution in [2.45, 2.75) is 57.3 Å². The lowest BCUT2D eigenvalue weighted by Crippen LogP contribution is -2.42. The summed E-state index contributed by atoms with van der Waals surface area (Å²) < 4.78 is 0. The van der Waals surface area contributed by atoms with E-state index < -0.39 is 24.1 Å². The van der Waals surface area contributed by atoms with Crippen LogP contribution in [0.5, 0.6) is 0 Å². The van der Waals surface area contributed by atoms with E-state index >= 15 is 0 Å². The van der Waals surface area contributed by atoms with Crippen LogP contribution in [0, 0.1) is 0 Å². The number of carbonyl (C=O) groups is 1. The van der Waals surface area contributed by atoms with E-state index in [0.717, 1.165) is 25.7 Å². The highest BCUT2D eigenvalue weighted by atomic mass is 16.4. The zero-order chi connectivity index (χ0) is 15.0. The Morgan fingerprint density at radius 1 is 1.05 bits per heavy atom. The Morgan fingerprint density at radius 2 is 1.70 bits per heavy atom. The summed E-state index contributed by atoms with van der Waals surface area (Å²) >= 11 is 0. The summed E-state index contributed by atoms with van der Waals surface area (Å²) in [7, 11) is 0. The van der Waals surface area contributed by atoms with E-state index in [0.29, 0.717) is 12.0 Å². The number of unbranched alkanes of at least 4 members (excludes halogenated alkanes) is 3. The molecule has 0 aliphatic carbocycles. The Morgan fingerprint density at radius 3 is 2.30 bits per heavy atom. The molecular formula is C16H24O4. The molecule has 0 saturated carbocycles. The van der Waals surface area contributed by atoms with Crippen LogP contribution in [-0.2, 0) is 0 Å². The predicted octanol–water partition coefficient (Wildman–Crippen LogP) is 1.92. The Hall–Kier alpha value is -1.23. The van der Waals surface area contributed by atoms with Crippen LogP contribution in [0.1, 0.15) is 49.4 Å². The second-order valence-electron chi connectivity index (χ2n) is 5.08. The second kappa shape index (κ2) is 8.84. The fourth-order valence-corrected chi connectivity index (χ4v) is 2.09. The van der Waals surface area contributed by atoms with Crippen LogP contribution in [0.15, 0.2) is 30.3 Å². The summed E-state index contributed by atoms with van der Waals surface area (Å²) in [6.45, 7) is 2.09. The van der Waals surface area contributed by atoms with Crippen LogP contribution in [-0.4, -0.2) is 39.4 Å². The molecule has 0 heterocycles. The summed E-state index contributed by atoms with van der Waals surface area (Å²) in [6.07, 6.45) is 0.210. The molecule has 4 heteroatoms. The second-order valence-corrected chi connectivity index (χ2v) is 5.08. The first-order chi connectivity index (χ1) is 9.57. The molecule has 0 amide bonds. The van der Waals surface area contributed by atoms with Gasteiger partial charge in [-0.2, -0.15) is 0 Å². The largest absolute Gasteiger partial charge is 0.390 e. The fourth-order valence-electron chi connectivity index (χ4n) is 2.09. The van der Waals surface area contributed by atoms with Gasteiger partial charge >= 0.3 is 0 Å². The monoisotopic (exact) mass is 280 g/mol. The van der Waals surface area contributed by atoms with Gasteiger partial charge in [-0.05, 0) is 6.42 Å². The van der Waals surface area contributed by atoms with Crippen LogP contribution < -0.4 is 0 Å². The van der Waals surface area contributed by atoms with Crippen LogP contribution in [0.3, 0.4) is 0 Å². The number of Topliss-reactive ketones (excluding diaryl/α,β-unsaturated/α-hetero) is 1. The average molecular weight is 280 g/mol. The maximum atomic E-state index is 11.9. The van der Waals surface area contributed by atoms with Crippen molar-refractivity contribution in [3.63, 3.8) is 0 Å². The minimum absolute atomic E-state index is 0.331. The highest BCUT2D eigenvalue weighted by Crippen LogP contribution is 2.13. The lowest BCUT2D eigenvalue weighted by Gasteiger charge is -2.22. The van der Waals surface area contributed by atoms with E-state index in [-0.39, 0.29) is 0 Å². The SMILES string of the molecule is CCCCCCC(O)C(O)C(O)C(=O)c1ccccc1. The zero-order valence-corrected chi connectivity index (χ0v) is 11.9. The van der Waals surface area contributed by atoms with Crippen molar-refractivity contribution >= 4 is 5.78 Å². The van der Waals surface area contributed by atoms with Crippen molar-refractivity contribution in [2.24, 2.45) is 0 Å². The third-order valence-electron chi connectivity index (χ3n) is 3.40. The first kappa shape index (κ1) is 16.8. The molecule has 0 fully saturated rings. The first-order valence-corrected chi connectivity index (χ1v) is 7.21. The average Bonchev–Trinajstić information content (AvgIpc) is 2.50. The molecule has 4 nitrogen and oxygen atoms in total. The van der Waals surface area contributed by atoms with Gasteiger partial charge in [-0.15, -0.1) is 0 Å². The van der Waals surface area contributed by atoms with E-state index in [1.165, 1.54) is 0 Å². The van der Waals surface area contributed by atoms with Gasteiger partial charge in [0.15, 0.2) is 5.78 Å². The van der Waals surface area contributed by atoms with Gasteiger partial charge in [0.2, 0.25) is 0 Å². The molecule has 0 aliphatic rings. The summed E-state index contributed by atoms with van der Waals surface area (Å²) in [6, 6.07) is 8.29. The van der Waals surface area contributed by atoms with Crippen molar-refractivity contribution in [1.82, 2.24) is 0 Å². The van der Waals surface area contributed by atoms with Gasteiger partial charge < -0.3 is 15.3 Å². The molecule has 0 aliphatic heterocycles. The maximum absolute atomic E-state index is 11.9. The maximum Gasteiger partial charge on any atom is 0.194 e. The molecule has 20 heavy (non-hydrogen) atoms. The predicted molar refractivity (Wildman–Crippen MR) is 77.6 cm³/mol. The smallest absolute Gasteiger partial charge is 0.194 e. The molecule has 1 aromatic carbocycles. The van der Waals surface area contributed by atoms with Gasteiger partial charge in [0, 0.05) is 5.56 Å². The van der Waals surface area contributed by atoms with Crippen LogP contribution in [0.4, 0.5) is 0 Å². The number of benzene rings is 1. The van der Waals surface area contributed by atoms with Gasteiger partial charge in [0.1, 0.15) is 12.2 Å². The number of aliphatic hydroxyl groups excluding tert-OH is 3. The normalized spacial score (nSPS) is 15.6. The van der Waals surface area contributed by atoms with Crippen LogP contribution >= 0.6 is 0 Å². The number of hydrogen-bond acceptors (Lipinski definition) is 4. The number of rotatable bonds is 9. The summed E-state index contributed by atoms with van der Waals surface area (Å²) in [5, 5.41) is 29.5. The highest BCUT2D eigenvalue weighted by molar-refractivity contribution is 5.99. The molecule has 1 aromatic rings. The lowest BCUT2D eigenvalue weighted by molar-refractivity contribution is -0.0501. The van der Waals surface area contributed by atoms with E-state index in [1.807, 2.05) is 0 Å². The fraction of sp³-hybridized carbons (Fsp3) is 0.562. The van der Waals surface area contributed by atoms with Crippen molar-refractivity contribution in [2.75, 3.05) is 0 Å². The van der Waals surface area contributed by atoms with Crippen molar-refractivity contribution in [3.8, 4) is 0 Å². The summed E-state index contributed by atoms with van der Waals surface area (Å²) in [5.41, 5.74) is 0.331. The van der Waals surface area contributed by atoms with Gasteiger partial charge in [0.05, 0.1) is 6.10 Å². The Bertz CT molecular complexity index is 391. The van der Waals surface area contributed by atoms with Gasteiger partial charge in [-0.1, -0.05) is 62.9 Å². The molecule has 0 bridgehead atoms. The van der Waals surface area contributed by atoms with Gasteiger partial charge in [-0.3, -0.25) is 4.79 Å². The molecule has 3 atom stereocenters. The third kappa shape index (κ3) is 5.04. The molecule has 1 rings (SSSR count). The summed E-state index contributed by atoms with van der Waals surface area (Å²) in [5.74, 6) is -0.564. The molecule has 3 unspecified atom stereocenters. The molecule has 3 N–H and O–H groups in total. The van der Waals surface area contributed by atoms with Crippen LogP contribution in [0.2, 0.25) is 0 Å². The minimum Gasteiger partial charge on any atom is -0.390 e. The quantitative estimate of drug-likeness (QED) is 0.477. The molecule has 0 radical (unpaired) electrons.